The van der Waals surface area contributed by atoms with Crippen LogP contribution in [0.25, 0.3) is 0 Å². The van der Waals surface area contributed by atoms with Crippen molar-refractivity contribution in [1.29, 1.82) is 0 Å². The average Bonchev–Trinajstić information content (AvgIpc) is 2.49. The number of hydrogen-bond acceptors (Lipinski definition) is 2. The summed E-state index contributed by atoms with van der Waals surface area (Å²) < 4.78 is 7.04. The second kappa shape index (κ2) is 6.20. The predicted octanol–water partition coefficient (Wildman–Crippen LogP) is 4.83. The molecule has 0 saturated carbocycles. The maximum Gasteiger partial charge on any atom is 0.125 e. The van der Waals surface area contributed by atoms with Gasteiger partial charge >= 0.3 is 0 Å². The molecule has 0 fully saturated rings. The lowest BCUT2D eigenvalue weighted by molar-refractivity contribution is 0.0589. The first-order valence-electron chi connectivity index (χ1n) is 7.32. The highest BCUT2D eigenvalue weighted by Crippen LogP contribution is 2.38. The summed E-state index contributed by atoms with van der Waals surface area (Å²) in [6.45, 7) is 2.21. The van der Waals surface area contributed by atoms with Gasteiger partial charge in [0.05, 0.1) is 6.10 Å². The molecule has 0 spiro atoms. The third kappa shape index (κ3) is 3.30. The molecule has 2 aromatic carbocycles. The molecule has 1 N–H and O–H groups in total. The van der Waals surface area contributed by atoms with E-state index in [9.17, 15) is 5.11 Å². The standard InChI is InChI=1S/C18H19BrO2/c1-12(13-5-3-2-4-6-13)9-15-11-17(20)16-10-14(19)7-8-18(16)21-15/h2-8,10,12,15,17,20H,9,11H2,1H3. The minimum absolute atomic E-state index is 0.0591. The van der Waals surface area contributed by atoms with Crippen LogP contribution in [0.1, 0.15) is 42.9 Å². The van der Waals surface area contributed by atoms with Crippen molar-refractivity contribution in [3.8, 4) is 5.75 Å². The Balaban J connectivity index is 1.73. The fraction of sp³-hybridized carbons (Fsp3) is 0.333. The number of hydrogen-bond donors (Lipinski definition) is 1. The molecule has 0 radical (unpaired) electrons. The Morgan fingerprint density at radius 1 is 1.24 bits per heavy atom. The van der Waals surface area contributed by atoms with Crippen LogP contribution >= 0.6 is 15.9 Å². The number of benzene rings is 2. The van der Waals surface area contributed by atoms with Crippen LogP contribution in [-0.4, -0.2) is 11.2 Å². The van der Waals surface area contributed by atoms with E-state index in [1.165, 1.54) is 5.56 Å². The Hall–Kier alpha value is -1.32. The highest BCUT2D eigenvalue weighted by molar-refractivity contribution is 9.10. The van der Waals surface area contributed by atoms with Crippen molar-refractivity contribution in [3.05, 3.63) is 64.1 Å². The molecule has 2 nitrogen and oxygen atoms in total. The minimum atomic E-state index is -0.445. The molecule has 0 bridgehead atoms. The summed E-state index contributed by atoms with van der Waals surface area (Å²) in [5, 5.41) is 10.3. The summed E-state index contributed by atoms with van der Waals surface area (Å²) in [4.78, 5) is 0. The number of fused-ring (bicyclic) bond motifs is 1. The highest BCUT2D eigenvalue weighted by Gasteiger charge is 2.28. The Labute approximate surface area is 133 Å². The topological polar surface area (TPSA) is 29.5 Å². The molecule has 0 aromatic heterocycles. The number of halogens is 1. The summed E-state index contributed by atoms with van der Waals surface area (Å²) >= 11 is 3.44. The maximum absolute atomic E-state index is 10.3. The third-order valence-corrected chi connectivity index (χ3v) is 4.59. The lowest BCUT2D eigenvalue weighted by Gasteiger charge is -2.31. The van der Waals surface area contributed by atoms with E-state index in [1.54, 1.807) is 0 Å². The van der Waals surface area contributed by atoms with Crippen molar-refractivity contribution in [1.82, 2.24) is 0 Å². The maximum atomic E-state index is 10.3. The molecule has 21 heavy (non-hydrogen) atoms. The van der Waals surface area contributed by atoms with Crippen LogP contribution in [0, 0.1) is 0 Å². The van der Waals surface area contributed by atoms with Crippen molar-refractivity contribution in [2.24, 2.45) is 0 Å². The van der Waals surface area contributed by atoms with Crippen LogP contribution in [0.5, 0.6) is 5.75 Å². The van der Waals surface area contributed by atoms with E-state index in [-0.39, 0.29) is 6.10 Å². The van der Waals surface area contributed by atoms with Gasteiger partial charge in [-0.05, 0) is 36.1 Å². The highest BCUT2D eigenvalue weighted by atomic mass is 79.9. The number of aliphatic hydroxyl groups excluding tert-OH is 1. The molecule has 1 aliphatic rings. The summed E-state index contributed by atoms with van der Waals surface area (Å²) in [5.74, 6) is 1.22. The zero-order valence-electron chi connectivity index (χ0n) is 12.0. The zero-order valence-corrected chi connectivity index (χ0v) is 13.6. The van der Waals surface area contributed by atoms with Gasteiger partial charge in [0.2, 0.25) is 0 Å². The first-order chi connectivity index (χ1) is 10.1. The lowest BCUT2D eigenvalue weighted by Crippen LogP contribution is -2.27. The second-order valence-corrected chi connectivity index (χ2v) is 6.64. The molecule has 0 amide bonds. The lowest BCUT2D eigenvalue weighted by atomic mass is 9.90. The third-order valence-electron chi connectivity index (χ3n) is 4.10. The van der Waals surface area contributed by atoms with Crippen molar-refractivity contribution >= 4 is 15.9 Å². The van der Waals surface area contributed by atoms with E-state index < -0.39 is 6.10 Å². The molecular weight excluding hydrogens is 328 g/mol. The number of rotatable bonds is 3. The molecule has 3 atom stereocenters. The van der Waals surface area contributed by atoms with Gasteiger partial charge in [-0.2, -0.15) is 0 Å². The summed E-state index contributed by atoms with van der Waals surface area (Å²) in [6.07, 6.45) is 1.18. The van der Waals surface area contributed by atoms with E-state index in [0.29, 0.717) is 12.3 Å². The van der Waals surface area contributed by atoms with Gasteiger partial charge in [0.1, 0.15) is 11.9 Å². The van der Waals surface area contributed by atoms with Gasteiger partial charge in [-0.1, -0.05) is 53.2 Å². The molecule has 3 rings (SSSR count). The predicted molar refractivity (Wildman–Crippen MR) is 87.6 cm³/mol. The molecule has 2 aromatic rings. The number of ether oxygens (including phenoxy) is 1. The first kappa shape index (κ1) is 14.6. The molecule has 3 heteroatoms. The molecule has 3 unspecified atom stereocenters. The van der Waals surface area contributed by atoms with E-state index >= 15 is 0 Å². The van der Waals surface area contributed by atoms with Crippen molar-refractivity contribution in [3.63, 3.8) is 0 Å². The van der Waals surface area contributed by atoms with Crippen molar-refractivity contribution in [2.45, 2.75) is 37.9 Å². The average molecular weight is 347 g/mol. The first-order valence-corrected chi connectivity index (χ1v) is 8.12. The van der Waals surface area contributed by atoms with Crippen LogP contribution in [-0.2, 0) is 0 Å². The van der Waals surface area contributed by atoms with Gasteiger partial charge < -0.3 is 9.84 Å². The number of aliphatic hydroxyl groups is 1. The largest absolute Gasteiger partial charge is 0.490 e. The fourth-order valence-corrected chi connectivity index (χ4v) is 3.33. The molecule has 0 aliphatic carbocycles. The normalized spacial score (nSPS) is 22.2. The summed E-state index contributed by atoms with van der Waals surface area (Å²) in [6, 6.07) is 16.3. The van der Waals surface area contributed by atoms with E-state index in [2.05, 4.69) is 47.1 Å². The van der Waals surface area contributed by atoms with E-state index in [1.807, 2.05) is 24.3 Å². The second-order valence-electron chi connectivity index (χ2n) is 5.72. The summed E-state index contributed by atoms with van der Waals surface area (Å²) in [7, 11) is 0. The quantitative estimate of drug-likeness (QED) is 0.862. The van der Waals surface area contributed by atoms with Crippen LogP contribution in [0.15, 0.2) is 53.0 Å². The van der Waals surface area contributed by atoms with Gasteiger partial charge in [-0.3, -0.25) is 0 Å². The monoisotopic (exact) mass is 346 g/mol. The Morgan fingerprint density at radius 2 is 2.00 bits per heavy atom. The van der Waals surface area contributed by atoms with Crippen molar-refractivity contribution < 1.29 is 9.84 Å². The Bertz CT molecular complexity index is 612. The van der Waals surface area contributed by atoms with Crippen LogP contribution < -0.4 is 4.74 Å². The van der Waals surface area contributed by atoms with Crippen LogP contribution in [0.2, 0.25) is 0 Å². The van der Waals surface area contributed by atoms with E-state index in [0.717, 1.165) is 22.2 Å². The molecular formula is C18H19BrO2. The van der Waals surface area contributed by atoms with Gasteiger partial charge in [-0.15, -0.1) is 0 Å². The van der Waals surface area contributed by atoms with Crippen LogP contribution in [0.3, 0.4) is 0 Å². The Kier molecular flexibility index (Phi) is 4.32. The fourth-order valence-electron chi connectivity index (χ4n) is 2.95. The summed E-state index contributed by atoms with van der Waals surface area (Å²) in [5.41, 5.74) is 2.20. The minimum Gasteiger partial charge on any atom is -0.490 e. The smallest absolute Gasteiger partial charge is 0.125 e. The van der Waals surface area contributed by atoms with E-state index in [4.69, 9.17) is 4.74 Å². The van der Waals surface area contributed by atoms with Crippen molar-refractivity contribution in [2.75, 3.05) is 0 Å². The molecule has 1 heterocycles. The SMILES string of the molecule is CC(CC1CC(O)c2cc(Br)ccc2O1)c1ccccc1. The van der Waals surface area contributed by atoms with Crippen LogP contribution in [0.4, 0.5) is 0 Å². The molecule has 1 aliphatic heterocycles. The van der Waals surface area contributed by atoms with Gasteiger partial charge in [-0.25, -0.2) is 0 Å². The zero-order chi connectivity index (χ0) is 14.8. The van der Waals surface area contributed by atoms with Gasteiger partial charge in [0.15, 0.2) is 0 Å². The van der Waals surface area contributed by atoms with Gasteiger partial charge in [0.25, 0.3) is 0 Å². The molecule has 110 valence electrons. The molecule has 0 saturated heterocycles. The Morgan fingerprint density at radius 3 is 2.76 bits per heavy atom. The van der Waals surface area contributed by atoms with Gasteiger partial charge in [0, 0.05) is 16.5 Å².